The molecule has 0 saturated heterocycles. The summed E-state index contributed by atoms with van der Waals surface area (Å²) in [6, 6.07) is -0.384. The molecule has 0 spiro atoms. The van der Waals surface area contributed by atoms with Crippen LogP contribution in [0.15, 0.2) is 17.0 Å². The molecule has 0 aliphatic carbocycles. The molecule has 0 bridgehead atoms. The van der Waals surface area contributed by atoms with Gasteiger partial charge in [-0.3, -0.25) is 0 Å². The van der Waals surface area contributed by atoms with E-state index in [9.17, 15) is 0 Å². The standard InChI is InChI=1S/C9H13N5O/c1-3-14-5-11-4-7(14)8(10)9-12-6(2)15-13-9/h4-5,8H,3,10H2,1-2H3. The van der Waals surface area contributed by atoms with Crippen molar-refractivity contribution < 1.29 is 4.52 Å². The quantitative estimate of drug-likeness (QED) is 0.798. The summed E-state index contributed by atoms with van der Waals surface area (Å²) in [5, 5.41) is 3.79. The maximum atomic E-state index is 6.00. The van der Waals surface area contributed by atoms with Crippen LogP contribution in [0.4, 0.5) is 0 Å². The van der Waals surface area contributed by atoms with E-state index in [0.29, 0.717) is 11.7 Å². The fraction of sp³-hybridized carbons (Fsp3) is 0.444. The molecule has 0 fully saturated rings. The molecule has 2 heterocycles. The van der Waals surface area contributed by atoms with Crippen LogP contribution in [0.25, 0.3) is 0 Å². The molecule has 0 aliphatic heterocycles. The van der Waals surface area contributed by atoms with Crippen molar-refractivity contribution in [2.24, 2.45) is 5.73 Å². The van der Waals surface area contributed by atoms with E-state index >= 15 is 0 Å². The predicted molar refractivity (Wildman–Crippen MR) is 53.0 cm³/mol. The third-order valence-electron chi connectivity index (χ3n) is 2.23. The Morgan fingerprint density at radius 1 is 1.60 bits per heavy atom. The van der Waals surface area contributed by atoms with Gasteiger partial charge in [0.05, 0.1) is 18.2 Å². The highest BCUT2D eigenvalue weighted by atomic mass is 16.5. The van der Waals surface area contributed by atoms with Gasteiger partial charge in [-0.15, -0.1) is 0 Å². The Balaban J connectivity index is 2.31. The molecule has 2 N–H and O–H groups in total. The number of hydrogen-bond donors (Lipinski definition) is 1. The van der Waals surface area contributed by atoms with Crippen molar-refractivity contribution >= 4 is 0 Å². The zero-order valence-electron chi connectivity index (χ0n) is 8.71. The van der Waals surface area contributed by atoms with E-state index in [1.54, 1.807) is 19.4 Å². The molecule has 1 atom stereocenters. The molecule has 0 amide bonds. The predicted octanol–water partition coefficient (Wildman–Crippen LogP) is 0.643. The average Bonchev–Trinajstić information content (AvgIpc) is 2.84. The van der Waals surface area contributed by atoms with Gasteiger partial charge >= 0.3 is 0 Å². The molecule has 0 saturated carbocycles. The SMILES string of the molecule is CCn1cncc1C(N)c1noc(C)n1. The third kappa shape index (κ3) is 1.75. The summed E-state index contributed by atoms with van der Waals surface area (Å²) in [6.07, 6.45) is 3.46. The Morgan fingerprint density at radius 3 is 3.00 bits per heavy atom. The molecule has 2 aromatic rings. The molecular weight excluding hydrogens is 194 g/mol. The second-order valence-electron chi connectivity index (χ2n) is 3.25. The molecule has 6 nitrogen and oxygen atoms in total. The van der Waals surface area contributed by atoms with Gasteiger partial charge in [-0.2, -0.15) is 4.98 Å². The molecule has 0 aliphatic rings. The van der Waals surface area contributed by atoms with Crippen LogP contribution < -0.4 is 5.73 Å². The normalized spacial score (nSPS) is 13.0. The van der Waals surface area contributed by atoms with Crippen LogP contribution in [0.2, 0.25) is 0 Å². The Kier molecular flexibility index (Phi) is 2.51. The van der Waals surface area contributed by atoms with Crippen LogP contribution in [0.3, 0.4) is 0 Å². The van der Waals surface area contributed by atoms with Gasteiger partial charge in [0, 0.05) is 13.5 Å². The molecule has 15 heavy (non-hydrogen) atoms. The van der Waals surface area contributed by atoms with E-state index in [4.69, 9.17) is 10.3 Å². The van der Waals surface area contributed by atoms with E-state index in [2.05, 4.69) is 15.1 Å². The third-order valence-corrected chi connectivity index (χ3v) is 2.23. The first-order valence-corrected chi connectivity index (χ1v) is 4.78. The lowest BCUT2D eigenvalue weighted by atomic mass is 10.2. The molecule has 2 aromatic heterocycles. The number of hydrogen-bond acceptors (Lipinski definition) is 5. The maximum Gasteiger partial charge on any atom is 0.223 e. The van der Waals surface area contributed by atoms with E-state index in [-0.39, 0.29) is 6.04 Å². The largest absolute Gasteiger partial charge is 0.340 e. The van der Waals surface area contributed by atoms with Crippen molar-refractivity contribution in [3.05, 3.63) is 29.9 Å². The van der Waals surface area contributed by atoms with Crippen molar-refractivity contribution in [2.75, 3.05) is 0 Å². The number of nitrogens with zero attached hydrogens (tertiary/aromatic N) is 4. The Morgan fingerprint density at radius 2 is 2.40 bits per heavy atom. The van der Waals surface area contributed by atoms with Gasteiger partial charge in [0.15, 0.2) is 5.82 Å². The first-order valence-electron chi connectivity index (χ1n) is 4.78. The van der Waals surface area contributed by atoms with Crippen LogP contribution in [-0.4, -0.2) is 19.7 Å². The first kappa shape index (κ1) is 9.85. The van der Waals surface area contributed by atoms with Gasteiger partial charge in [0.2, 0.25) is 5.89 Å². The molecule has 2 rings (SSSR count). The lowest BCUT2D eigenvalue weighted by molar-refractivity contribution is 0.385. The van der Waals surface area contributed by atoms with Gasteiger partial charge < -0.3 is 14.8 Å². The Bertz CT molecular complexity index is 447. The van der Waals surface area contributed by atoms with E-state index in [1.165, 1.54) is 0 Å². The summed E-state index contributed by atoms with van der Waals surface area (Å²) in [7, 11) is 0. The van der Waals surface area contributed by atoms with Crippen LogP contribution in [0.1, 0.15) is 30.4 Å². The van der Waals surface area contributed by atoms with Crippen molar-refractivity contribution in [3.63, 3.8) is 0 Å². The van der Waals surface area contributed by atoms with Crippen molar-refractivity contribution in [3.8, 4) is 0 Å². The molecular formula is C9H13N5O. The average molecular weight is 207 g/mol. The minimum Gasteiger partial charge on any atom is -0.340 e. The van der Waals surface area contributed by atoms with Crippen LogP contribution in [0.5, 0.6) is 0 Å². The van der Waals surface area contributed by atoms with E-state index in [1.807, 2.05) is 11.5 Å². The number of aromatic nitrogens is 4. The van der Waals surface area contributed by atoms with Gasteiger partial charge in [-0.1, -0.05) is 5.16 Å². The molecule has 1 unspecified atom stereocenters. The first-order chi connectivity index (χ1) is 7.22. The summed E-state index contributed by atoms with van der Waals surface area (Å²) in [5.74, 6) is 1.01. The van der Waals surface area contributed by atoms with Crippen molar-refractivity contribution in [2.45, 2.75) is 26.4 Å². The summed E-state index contributed by atoms with van der Waals surface area (Å²) < 4.78 is 6.84. The second kappa shape index (κ2) is 3.82. The summed E-state index contributed by atoms with van der Waals surface area (Å²) in [6.45, 7) is 4.58. The highest BCUT2D eigenvalue weighted by Gasteiger charge is 2.18. The van der Waals surface area contributed by atoms with Crippen LogP contribution in [-0.2, 0) is 6.54 Å². The van der Waals surface area contributed by atoms with Crippen LogP contribution in [0, 0.1) is 6.92 Å². The van der Waals surface area contributed by atoms with Crippen LogP contribution >= 0.6 is 0 Å². The number of imidazole rings is 1. The van der Waals surface area contributed by atoms with Gasteiger partial charge in [0.1, 0.15) is 6.04 Å². The van der Waals surface area contributed by atoms with E-state index in [0.717, 1.165) is 12.2 Å². The van der Waals surface area contributed by atoms with Crippen molar-refractivity contribution in [1.82, 2.24) is 19.7 Å². The van der Waals surface area contributed by atoms with Gasteiger partial charge in [-0.25, -0.2) is 4.98 Å². The topological polar surface area (TPSA) is 82.8 Å². The minimum absolute atomic E-state index is 0.384. The number of rotatable bonds is 3. The molecule has 0 radical (unpaired) electrons. The molecule has 80 valence electrons. The molecule has 6 heteroatoms. The van der Waals surface area contributed by atoms with Crippen molar-refractivity contribution in [1.29, 1.82) is 0 Å². The maximum absolute atomic E-state index is 6.00. The zero-order chi connectivity index (χ0) is 10.8. The smallest absolute Gasteiger partial charge is 0.223 e. The number of nitrogens with two attached hydrogens (primary N) is 1. The number of aryl methyl sites for hydroxylation is 2. The summed E-state index contributed by atoms with van der Waals surface area (Å²) in [5.41, 5.74) is 6.89. The van der Waals surface area contributed by atoms with Gasteiger partial charge in [-0.05, 0) is 6.92 Å². The fourth-order valence-corrected chi connectivity index (χ4v) is 1.43. The highest BCUT2D eigenvalue weighted by Crippen LogP contribution is 2.16. The fourth-order valence-electron chi connectivity index (χ4n) is 1.43. The second-order valence-corrected chi connectivity index (χ2v) is 3.25. The summed E-state index contributed by atoms with van der Waals surface area (Å²) in [4.78, 5) is 8.14. The Hall–Kier alpha value is -1.69. The zero-order valence-corrected chi connectivity index (χ0v) is 8.71. The highest BCUT2D eigenvalue weighted by molar-refractivity contribution is 5.13. The van der Waals surface area contributed by atoms with E-state index < -0.39 is 0 Å². The lowest BCUT2D eigenvalue weighted by Crippen LogP contribution is -2.17. The summed E-state index contributed by atoms with van der Waals surface area (Å²) >= 11 is 0. The monoisotopic (exact) mass is 207 g/mol. The van der Waals surface area contributed by atoms with Gasteiger partial charge in [0.25, 0.3) is 0 Å². The lowest BCUT2D eigenvalue weighted by Gasteiger charge is -2.09. The Labute approximate surface area is 87.1 Å². The minimum atomic E-state index is -0.384. The molecule has 0 aromatic carbocycles.